The molecule has 0 bridgehead atoms. The van der Waals surface area contributed by atoms with Gasteiger partial charge < -0.3 is 9.88 Å². The molecule has 0 aliphatic carbocycles. The zero-order valence-corrected chi connectivity index (χ0v) is 12.7. The minimum atomic E-state index is -0.0755. The van der Waals surface area contributed by atoms with Gasteiger partial charge >= 0.3 is 0 Å². The lowest BCUT2D eigenvalue weighted by molar-refractivity contribution is 0.101. The van der Waals surface area contributed by atoms with E-state index in [2.05, 4.69) is 28.2 Å². The van der Waals surface area contributed by atoms with Crippen molar-refractivity contribution in [1.82, 2.24) is 4.57 Å². The average molecular weight is 321 g/mol. The standard InChI is InChI=1S/C15H17BrN2O/c1-3-8-18-10-12(16)9-14(18)15(19)17-13-7-5-4-6-11(13)2/h4-7,9-10H,3,8H2,1-2H3,(H,17,19). The Bertz CT molecular complexity index is 590. The lowest BCUT2D eigenvalue weighted by Gasteiger charge is -2.10. The molecule has 1 heterocycles. The SMILES string of the molecule is CCCn1cc(Br)cc1C(=O)Nc1ccccc1C. The Labute approximate surface area is 121 Å². The molecule has 2 aromatic rings. The molecule has 4 heteroatoms. The third kappa shape index (κ3) is 3.26. The summed E-state index contributed by atoms with van der Waals surface area (Å²) in [7, 11) is 0. The van der Waals surface area contributed by atoms with Crippen molar-refractivity contribution in [1.29, 1.82) is 0 Å². The maximum atomic E-state index is 12.3. The first kappa shape index (κ1) is 13.9. The Kier molecular flexibility index (Phi) is 4.43. The minimum Gasteiger partial charge on any atom is -0.342 e. The molecule has 0 fully saturated rings. The number of aromatic nitrogens is 1. The second-order valence-corrected chi connectivity index (χ2v) is 5.42. The number of carbonyl (C=O) groups excluding carboxylic acids is 1. The summed E-state index contributed by atoms with van der Waals surface area (Å²) in [6, 6.07) is 9.63. The van der Waals surface area contributed by atoms with Gasteiger partial charge in [-0.15, -0.1) is 0 Å². The Hall–Kier alpha value is -1.55. The number of hydrogen-bond donors (Lipinski definition) is 1. The molecule has 0 saturated carbocycles. The van der Waals surface area contributed by atoms with Crippen molar-refractivity contribution in [3.8, 4) is 0 Å². The largest absolute Gasteiger partial charge is 0.342 e. The van der Waals surface area contributed by atoms with E-state index in [0.717, 1.165) is 28.7 Å². The van der Waals surface area contributed by atoms with Crippen molar-refractivity contribution in [3.05, 3.63) is 52.3 Å². The second kappa shape index (κ2) is 6.06. The summed E-state index contributed by atoms with van der Waals surface area (Å²) in [4.78, 5) is 12.3. The van der Waals surface area contributed by atoms with Gasteiger partial charge in [0, 0.05) is 22.9 Å². The fourth-order valence-electron chi connectivity index (χ4n) is 1.99. The molecule has 0 aliphatic heterocycles. The number of anilines is 1. The highest BCUT2D eigenvalue weighted by Crippen LogP contribution is 2.19. The molecule has 3 nitrogen and oxygen atoms in total. The van der Waals surface area contributed by atoms with Crippen LogP contribution in [0.15, 0.2) is 41.0 Å². The summed E-state index contributed by atoms with van der Waals surface area (Å²) in [6.07, 6.45) is 2.93. The smallest absolute Gasteiger partial charge is 0.272 e. The highest BCUT2D eigenvalue weighted by Gasteiger charge is 2.13. The third-order valence-electron chi connectivity index (χ3n) is 2.95. The van der Waals surface area contributed by atoms with Gasteiger partial charge in [-0.05, 0) is 47.0 Å². The van der Waals surface area contributed by atoms with Gasteiger partial charge in [-0.25, -0.2) is 0 Å². The highest BCUT2D eigenvalue weighted by atomic mass is 79.9. The van der Waals surface area contributed by atoms with Crippen LogP contribution in [0, 0.1) is 6.92 Å². The molecular formula is C15H17BrN2O. The number of carbonyl (C=O) groups is 1. The van der Waals surface area contributed by atoms with Crippen molar-refractivity contribution in [2.24, 2.45) is 0 Å². The van der Waals surface area contributed by atoms with E-state index < -0.39 is 0 Å². The van der Waals surface area contributed by atoms with Crippen LogP contribution in [0.25, 0.3) is 0 Å². The monoisotopic (exact) mass is 320 g/mol. The quantitative estimate of drug-likeness (QED) is 0.899. The molecule has 1 aromatic carbocycles. The molecule has 0 spiro atoms. The first-order chi connectivity index (χ1) is 9.11. The van der Waals surface area contributed by atoms with Gasteiger partial charge in [-0.1, -0.05) is 25.1 Å². The number of rotatable bonds is 4. The third-order valence-corrected chi connectivity index (χ3v) is 3.39. The van der Waals surface area contributed by atoms with E-state index in [9.17, 15) is 4.79 Å². The van der Waals surface area contributed by atoms with Crippen LogP contribution >= 0.6 is 15.9 Å². The predicted octanol–water partition coefficient (Wildman–Crippen LogP) is 4.22. The van der Waals surface area contributed by atoms with Gasteiger partial charge in [0.05, 0.1) is 0 Å². The summed E-state index contributed by atoms with van der Waals surface area (Å²) in [5.74, 6) is -0.0755. The van der Waals surface area contributed by atoms with Gasteiger partial charge in [0.15, 0.2) is 0 Å². The van der Waals surface area contributed by atoms with Crippen molar-refractivity contribution in [2.45, 2.75) is 26.8 Å². The van der Waals surface area contributed by atoms with E-state index in [4.69, 9.17) is 0 Å². The maximum absolute atomic E-state index is 12.3. The Morgan fingerprint density at radius 3 is 2.79 bits per heavy atom. The fraction of sp³-hybridized carbons (Fsp3) is 0.267. The maximum Gasteiger partial charge on any atom is 0.272 e. The summed E-state index contributed by atoms with van der Waals surface area (Å²) in [5, 5.41) is 2.96. The van der Waals surface area contributed by atoms with Gasteiger partial charge in [0.1, 0.15) is 5.69 Å². The number of halogens is 1. The normalized spacial score (nSPS) is 10.5. The van der Waals surface area contributed by atoms with Gasteiger partial charge in [0.25, 0.3) is 5.91 Å². The van der Waals surface area contributed by atoms with Crippen LogP contribution in [0.4, 0.5) is 5.69 Å². The molecule has 0 saturated heterocycles. The zero-order chi connectivity index (χ0) is 13.8. The lowest BCUT2D eigenvalue weighted by Crippen LogP contribution is -2.17. The van der Waals surface area contributed by atoms with Crippen LogP contribution in [0.5, 0.6) is 0 Å². The molecule has 19 heavy (non-hydrogen) atoms. The Morgan fingerprint density at radius 1 is 1.37 bits per heavy atom. The van der Waals surface area contributed by atoms with Crippen molar-refractivity contribution in [3.63, 3.8) is 0 Å². The number of benzene rings is 1. The van der Waals surface area contributed by atoms with Crippen molar-refractivity contribution in [2.75, 3.05) is 5.32 Å². The molecule has 1 N–H and O–H groups in total. The molecule has 0 atom stereocenters. The summed E-state index contributed by atoms with van der Waals surface area (Å²) >= 11 is 3.42. The van der Waals surface area contributed by atoms with E-state index in [0.29, 0.717) is 5.69 Å². The van der Waals surface area contributed by atoms with E-state index in [1.165, 1.54) is 0 Å². The second-order valence-electron chi connectivity index (χ2n) is 4.51. The first-order valence-corrected chi connectivity index (χ1v) is 7.13. The highest BCUT2D eigenvalue weighted by molar-refractivity contribution is 9.10. The molecule has 1 amide bonds. The number of nitrogens with one attached hydrogen (secondary N) is 1. The molecular weight excluding hydrogens is 304 g/mol. The number of aryl methyl sites for hydroxylation is 2. The lowest BCUT2D eigenvalue weighted by atomic mass is 10.2. The van der Waals surface area contributed by atoms with Crippen LogP contribution in [0.1, 0.15) is 29.4 Å². The van der Waals surface area contributed by atoms with E-state index in [1.807, 2.05) is 48.0 Å². The van der Waals surface area contributed by atoms with Crippen molar-refractivity contribution < 1.29 is 4.79 Å². The Morgan fingerprint density at radius 2 is 2.11 bits per heavy atom. The van der Waals surface area contributed by atoms with Crippen LogP contribution in [-0.2, 0) is 6.54 Å². The number of hydrogen-bond acceptors (Lipinski definition) is 1. The van der Waals surface area contributed by atoms with E-state index in [-0.39, 0.29) is 5.91 Å². The van der Waals surface area contributed by atoms with E-state index in [1.54, 1.807) is 0 Å². The number of amides is 1. The predicted molar refractivity (Wildman–Crippen MR) is 81.6 cm³/mol. The van der Waals surface area contributed by atoms with Crippen LogP contribution in [0.2, 0.25) is 0 Å². The average Bonchev–Trinajstić information content (AvgIpc) is 2.74. The topological polar surface area (TPSA) is 34.0 Å². The van der Waals surface area contributed by atoms with Gasteiger partial charge in [-0.3, -0.25) is 4.79 Å². The van der Waals surface area contributed by atoms with Crippen molar-refractivity contribution >= 4 is 27.5 Å². The summed E-state index contributed by atoms with van der Waals surface area (Å²) < 4.78 is 2.90. The molecule has 100 valence electrons. The fourth-order valence-corrected chi connectivity index (χ4v) is 2.45. The summed E-state index contributed by atoms with van der Waals surface area (Å²) in [6.45, 7) is 4.91. The van der Waals surface area contributed by atoms with Gasteiger partial charge in [0.2, 0.25) is 0 Å². The number of para-hydroxylation sites is 1. The Balaban J connectivity index is 2.23. The van der Waals surface area contributed by atoms with Crippen LogP contribution < -0.4 is 5.32 Å². The zero-order valence-electron chi connectivity index (χ0n) is 11.1. The molecule has 0 radical (unpaired) electrons. The molecule has 0 unspecified atom stereocenters. The van der Waals surface area contributed by atoms with Gasteiger partial charge in [-0.2, -0.15) is 0 Å². The first-order valence-electron chi connectivity index (χ1n) is 6.34. The summed E-state index contributed by atoms with van der Waals surface area (Å²) in [5.41, 5.74) is 2.59. The molecule has 1 aromatic heterocycles. The molecule has 2 rings (SSSR count). The van der Waals surface area contributed by atoms with E-state index >= 15 is 0 Å². The van der Waals surface area contributed by atoms with Crippen LogP contribution in [0.3, 0.4) is 0 Å². The number of nitrogens with zero attached hydrogens (tertiary/aromatic N) is 1. The van der Waals surface area contributed by atoms with Crippen LogP contribution in [-0.4, -0.2) is 10.5 Å². The minimum absolute atomic E-state index is 0.0755. The molecule has 0 aliphatic rings.